The van der Waals surface area contributed by atoms with Gasteiger partial charge in [0.1, 0.15) is 10.6 Å². The summed E-state index contributed by atoms with van der Waals surface area (Å²) in [6, 6.07) is 8.92. The number of nitrogens with one attached hydrogen (secondary N) is 1. The molecule has 2 fully saturated rings. The molecule has 6 nitrogen and oxygen atoms in total. The molecular weight excluding hydrogens is 561 g/mol. The lowest BCUT2D eigenvalue weighted by Gasteiger charge is -2.41. The van der Waals surface area contributed by atoms with Crippen LogP contribution in [-0.4, -0.2) is 41.4 Å². The first-order chi connectivity index (χ1) is 19.2. The van der Waals surface area contributed by atoms with E-state index in [1.54, 1.807) is 11.6 Å². The first-order valence-electron chi connectivity index (χ1n) is 13.0. The monoisotopic (exact) mass is 588 g/mol. The normalized spacial score (nSPS) is 21.8. The van der Waals surface area contributed by atoms with Crippen molar-refractivity contribution >= 4 is 40.2 Å². The molecule has 40 heavy (non-hydrogen) atoms. The molecule has 3 atom stereocenters. The molecule has 5 rings (SSSR count). The number of hydrogen-bond donors (Lipinski definition) is 2. The Labute approximate surface area is 237 Å². The van der Waals surface area contributed by atoms with Crippen LogP contribution in [0.2, 0.25) is 0 Å². The largest absolute Gasteiger partial charge is 0.477 e. The molecule has 0 spiro atoms. The first-order valence-corrected chi connectivity index (χ1v) is 14.8. The smallest absolute Gasteiger partial charge is 0.391 e. The van der Waals surface area contributed by atoms with Gasteiger partial charge in [0.15, 0.2) is 0 Å². The minimum atomic E-state index is -4.30. The van der Waals surface area contributed by atoms with Crippen molar-refractivity contribution in [3.05, 3.63) is 57.4 Å². The molecular formula is C29H27F3N2O4S2. The second-order valence-corrected chi connectivity index (χ2v) is 11.9. The SMILES string of the molecule is O=C(O)c1sc(-c2ccc(C#Cc3cscn3)cc2)cc1NC(=O)[C@@H]1CC[C@@H](C(F)(F)F)CC1C1CCOCC1. The standard InChI is InChI=1S/C29H27F3N2O4S2/c30-29(31,32)20-6-8-22(23(13-20)18-9-11-38-12-10-18)27(35)34-24-14-25(40-26(24)28(36)37)19-4-1-17(2-5-19)3-7-21-15-39-16-33-21/h1-2,4-5,14-16,18,20,22-23H,6,8-13H2,(H,34,35)(H,36,37)/t20-,22-,23?/m1/s1. The van der Waals surface area contributed by atoms with E-state index in [-0.39, 0.29) is 35.7 Å². The molecule has 2 aromatic heterocycles. The van der Waals surface area contributed by atoms with Gasteiger partial charge < -0.3 is 15.2 Å². The minimum absolute atomic E-state index is 0.0256. The van der Waals surface area contributed by atoms with E-state index in [0.717, 1.165) is 22.5 Å². The Bertz CT molecular complexity index is 1400. The Kier molecular flexibility index (Phi) is 8.59. The number of benzene rings is 1. The predicted octanol–water partition coefficient (Wildman–Crippen LogP) is 6.93. The van der Waals surface area contributed by atoms with Crippen LogP contribution in [0.25, 0.3) is 10.4 Å². The number of hydrogen-bond acceptors (Lipinski definition) is 6. The Balaban J connectivity index is 1.34. The van der Waals surface area contributed by atoms with E-state index in [9.17, 15) is 27.9 Å². The number of amides is 1. The maximum absolute atomic E-state index is 13.6. The lowest BCUT2D eigenvalue weighted by atomic mass is 9.66. The highest BCUT2D eigenvalue weighted by Crippen LogP contribution is 2.47. The van der Waals surface area contributed by atoms with Crippen LogP contribution in [-0.2, 0) is 9.53 Å². The molecule has 2 aliphatic rings. The molecule has 210 valence electrons. The van der Waals surface area contributed by atoms with Crippen molar-refractivity contribution in [2.75, 3.05) is 18.5 Å². The molecule has 11 heteroatoms. The van der Waals surface area contributed by atoms with E-state index in [0.29, 0.717) is 36.6 Å². The molecule has 0 radical (unpaired) electrons. The average Bonchev–Trinajstić information content (AvgIpc) is 3.62. The highest BCUT2D eigenvalue weighted by atomic mass is 32.1. The molecule has 3 heterocycles. The second-order valence-electron chi connectivity index (χ2n) is 10.1. The average molecular weight is 589 g/mol. The van der Waals surface area contributed by atoms with E-state index in [1.807, 2.05) is 29.6 Å². The van der Waals surface area contributed by atoms with Gasteiger partial charge in [-0.05, 0) is 73.6 Å². The number of anilines is 1. The van der Waals surface area contributed by atoms with Crippen molar-refractivity contribution < 1.29 is 32.6 Å². The molecule has 0 bridgehead atoms. The number of halogens is 3. The maximum atomic E-state index is 13.6. The fraction of sp³-hybridized carbons (Fsp3) is 0.414. The van der Waals surface area contributed by atoms with Crippen LogP contribution in [0.1, 0.15) is 53.0 Å². The summed E-state index contributed by atoms with van der Waals surface area (Å²) in [5, 5.41) is 14.5. The van der Waals surface area contributed by atoms with Gasteiger partial charge in [0.25, 0.3) is 0 Å². The minimum Gasteiger partial charge on any atom is -0.477 e. The van der Waals surface area contributed by atoms with Crippen LogP contribution in [0, 0.1) is 35.5 Å². The molecule has 1 aliphatic heterocycles. The third-order valence-corrected chi connectivity index (χ3v) is 9.45. The number of alkyl halides is 3. The number of thiazole rings is 1. The third kappa shape index (κ3) is 6.57. The maximum Gasteiger partial charge on any atom is 0.391 e. The van der Waals surface area contributed by atoms with Crippen molar-refractivity contribution in [2.24, 2.45) is 23.7 Å². The van der Waals surface area contributed by atoms with E-state index in [2.05, 4.69) is 22.1 Å². The zero-order valence-corrected chi connectivity index (χ0v) is 23.0. The number of ether oxygens (including phenoxy) is 1. The molecule has 1 aromatic carbocycles. The van der Waals surface area contributed by atoms with Gasteiger partial charge in [-0.2, -0.15) is 13.2 Å². The number of carboxylic acids is 1. The number of carbonyl (C=O) groups excluding carboxylic acids is 1. The van der Waals surface area contributed by atoms with Crippen LogP contribution in [0.5, 0.6) is 0 Å². The predicted molar refractivity (Wildman–Crippen MR) is 147 cm³/mol. The van der Waals surface area contributed by atoms with Gasteiger partial charge in [-0.1, -0.05) is 18.1 Å². The highest BCUT2D eigenvalue weighted by Gasteiger charge is 2.48. The van der Waals surface area contributed by atoms with Gasteiger partial charge in [-0.3, -0.25) is 4.79 Å². The summed E-state index contributed by atoms with van der Waals surface area (Å²) in [6.07, 6.45) is -3.16. The van der Waals surface area contributed by atoms with Crippen LogP contribution in [0.3, 0.4) is 0 Å². The zero-order valence-electron chi connectivity index (χ0n) is 21.4. The lowest BCUT2D eigenvalue weighted by Crippen LogP contribution is -2.42. The number of carboxylic acid groups (broad SMARTS) is 1. The topological polar surface area (TPSA) is 88.5 Å². The molecule has 1 saturated heterocycles. The fourth-order valence-electron chi connectivity index (χ4n) is 5.63. The molecule has 1 amide bonds. The number of thiophene rings is 1. The van der Waals surface area contributed by atoms with Crippen LogP contribution < -0.4 is 5.32 Å². The number of aromatic nitrogens is 1. The fourth-order valence-corrected chi connectivity index (χ4v) is 7.07. The van der Waals surface area contributed by atoms with Gasteiger partial charge in [0.2, 0.25) is 5.91 Å². The Morgan fingerprint density at radius 1 is 1.07 bits per heavy atom. The third-order valence-electron chi connectivity index (χ3n) is 7.69. The van der Waals surface area contributed by atoms with Crippen LogP contribution in [0.15, 0.2) is 41.2 Å². The van der Waals surface area contributed by atoms with Crippen molar-refractivity contribution in [3.8, 4) is 22.3 Å². The Hall–Kier alpha value is -3.20. The summed E-state index contributed by atoms with van der Waals surface area (Å²) < 4.78 is 46.2. The Morgan fingerprint density at radius 3 is 2.48 bits per heavy atom. The van der Waals surface area contributed by atoms with Gasteiger partial charge in [-0.15, -0.1) is 22.7 Å². The second kappa shape index (κ2) is 12.1. The van der Waals surface area contributed by atoms with Gasteiger partial charge in [0.05, 0.1) is 17.1 Å². The summed E-state index contributed by atoms with van der Waals surface area (Å²) in [5.41, 5.74) is 4.09. The number of carbonyl (C=O) groups is 2. The van der Waals surface area contributed by atoms with Gasteiger partial charge in [-0.25, -0.2) is 9.78 Å². The van der Waals surface area contributed by atoms with Gasteiger partial charge >= 0.3 is 12.1 Å². The van der Waals surface area contributed by atoms with Crippen molar-refractivity contribution in [1.82, 2.24) is 4.98 Å². The summed E-state index contributed by atoms with van der Waals surface area (Å²) in [4.78, 5) is 30.3. The van der Waals surface area contributed by atoms with Crippen molar-refractivity contribution in [2.45, 2.75) is 38.3 Å². The van der Waals surface area contributed by atoms with Crippen molar-refractivity contribution in [1.29, 1.82) is 0 Å². The quantitative estimate of drug-likeness (QED) is 0.316. The zero-order chi connectivity index (χ0) is 28.3. The molecule has 1 aliphatic carbocycles. The highest BCUT2D eigenvalue weighted by molar-refractivity contribution is 7.18. The molecule has 2 N–H and O–H groups in total. The molecule has 1 unspecified atom stereocenters. The van der Waals surface area contributed by atoms with E-state index >= 15 is 0 Å². The molecule has 1 saturated carbocycles. The van der Waals surface area contributed by atoms with Crippen molar-refractivity contribution in [3.63, 3.8) is 0 Å². The summed E-state index contributed by atoms with van der Waals surface area (Å²) in [7, 11) is 0. The van der Waals surface area contributed by atoms with E-state index in [1.165, 1.54) is 11.3 Å². The lowest BCUT2D eigenvalue weighted by molar-refractivity contribution is -0.192. The van der Waals surface area contributed by atoms with E-state index < -0.39 is 35.8 Å². The number of nitrogens with zero attached hydrogens (tertiary/aromatic N) is 1. The Morgan fingerprint density at radius 2 is 1.82 bits per heavy atom. The number of rotatable bonds is 5. The number of aromatic carboxylic acids is 1. The summed E-state index contributed by atoms with van der Waals surface area (Å²) >= 11 is 2.50. The summed E-state index contributed by atoms with van der Waals surface area (Å²) in [6.45, 7) is 0.941. The first kappa shape index (κ1) is 28.3. The van der Waals surface area contributed by atoms with Crippen LogP contribution in [0.4, 0.5) is 18.9 Å². The van der Waals surface area contributed by atoms with Gasteiger partial charge in [0, 0.05) is 35.0 Å². The molecule has 3 aromatic rings. The summed E-state index contributed by atoms with van der Waals surface area (Å²) in [5.74, 6) is 1.88. The van der Waals surface area contributed by atoms with Crippen LogP contribution >= 0.6 is 22.7 Å². The van der Waals surface area contributed by atoms with E-state index in [4.69, 9.17) is 4.74 Å².